The molecule has 0 bridgehead atoms. The van der Waals surface area contributed by atoms with Crippen molar-refractivity contribution in [1.82, 2.24) is 0 Å². The molecule has 40 heavy (non-hydrogen) atoms. The Labute approximate surface area is 244 Å². The van der Waals surface area contributed by atoms with Crippen molar-refractivity contribution in [3.8, 4) is 0 Å². The maximum Gasteiger partial charge on any atom is 0.136 e. The van der Waals surface area contributed by atoms with E-state index in [-0.39, 0.29) is 43.2 Å². The van der Waals surface area contributed by atoms with Gasteiger partial charge in [-0.2, -0.15) is 0 Å². The lowest BCUT2D eigenvalue weighted by Crippen LogP contribution is -2.58. The summed E-state index contributed by atoms with van der Waals surface area (Å²) >= 11 is 0. The summed E-state index contributed by atoms with van der Waals surface area (Å²) in [7, 11) is 0. The first-order valence-electron chi connectivity index (χ1n) is 17.0. The lowest BCUT2D eigenvalue weighted by atomic mass is 9.42. The van der Waals surface area contributed by atoms with Crippen LogP contribution in [0.25, 0.3) is 0 Å². The molecule has 232 valence electrons. The molecule has 4 fully saturated rings. The first kappa shape index (κ1) is 32.4. The van der Waals surface area contributed by atoms with Crippen LogP contribution < -0.4 is 0 Å². The molecule has 0 aromatic carbocycles. The molecule has 0 aliphatic heterocycles. The summed E-state index contributed by atoms with van der Waals surface area (Å²) in [5.41, 5.74) is 0.248. The standard InChI is InChI=1S/C35H62O5/c1-22(2)18-25(10-15-37)27(12-17-39)23(3)29-6-7-30-28-20-33(40)32-19-24(9-14-36)26(11-16-38)21-35(32,5)31(28)8-13-34(29,30)4/h22-32,36-39H,6-21H2,1-5H3/t23-,24?,25?,26?,27?,28+,29-,30+,31+,32?,34-,35-/m1/s1. The minimum absolute atomic E-state index is 0.0136. The molecule has 5 nitrogen and oxygen atoms in total. The van der Waals surface area contributed by atoms with Crippen LogP contribution in [0.5, 0.6) is 0 Å². The highest BCUT2D eigenvalue weighted by molar-refractivity contribution is 5.83. The molecule has 0 saturated heterocycles. The van der Waals surface area contributed by atoms with E-state index in [9.17, 15) is 25.2 Å². The first-order chi connectivity index (χ1) is 19.0. The maximum atomic E-state index is 13.9. The van der Waals surface area contributed by atoms with Gasteiger partial charge in [0.1, 0.15) is 5.78 Å². The van der Waals surface area contributed by atoms with E-state index in [1.807, 2.05) is 0 Å². The number of aliphatic hydroxyl groups excluding tert-OH is 4. The van der Waals surface area contributed by atoms with Crippen LogP contribution in [0.3, 0.4) is 0 Å². The molecule has 0 aromatic heterocycles. The Morgan fingerprint density at radius 3 is 2.10 bits per heavy atom. The van der Waals surface area contributed by atoms with Crippen LogP contribution in [-0.2, 0) is 4.79 Å². The second-order valence-corrected chi connectivity index (χ2v) is 15.8. The summed E-state index contributed by atoms with van der Waals surface area (Å²) < 4.78 is 0. The van der Waals surface area contributed by atoms with E-state index in [0.29, 0.717) is 65.0 Å². The smallest absolute Gasteiger partial charge is 0.136 e. The van der Waals surface area contributed by atoms with Crippen molar-refractivity contribution >= 4 is 5.78 Å². The van der Waals surface area contributed by atoms with E-state index < -0.39 is 0 Å². The monoisotopic (exact) mass is 562 g/mol. The second kappa shape index (κ2) is 13.4. The maximum absolute atomic E-state index is 13.9. The topological polar surface area (TPSA) is 98.0 Å². The minimum Gasteiger partial charge on any atom is -0.396 e. The molecule has 5 heteroatoms. The zero-order valence-corrected chi connectivity index (χ0v) is 26.4. The summed E-state index contributed by atoms with van der Waals surface area (Å²) in [5.74, 6) is 5.53. The Balaban J connectivity index is 1.57. The zero-order chi connectivity index (χ0) is 29.2. The van der Waals surface area contributed by atoms with Gasteiger partial charge in [-0.25, -0.2) is 0 Å². The summed E-state index contributed by atoms with van der Waals surface area (Å²) in [5, 5.41) is 39.6. The molecule has 4 saturated carbocycles. The van der Waals surface area contributed by atoms with Crippen molar-refractivity contribution < 1.29 is 25.2 Å². The SMILES string of the molecule is CC(C)CC(CCO)C(CCO)[C@@H](C)[C@H]1CC[C@H]2[C@@H]3CC(=O)C4CC(CCO)C(CCO)C[C@]4(C)[C@H]3CC[C@]12C. The molecule has 0 heterocycles. The number of hydrogen-bond acceptors (Lipinski definition) is 5. The van der Waals surface area contributed by atoms with Crippen molar-refractivity contribution in [3.05, 3.63) is 0 Å². The van der Waals surface area contributed by atoms with Crippen LogP contribution >= 0.6 is 0 Å². The normalized spacial score (nSPS) is 41.8. The van der Waals surface area contributed by atoms with Crippen molar-refractivity contribution in [3.63, 3.8) is 0 Å². The van der Waals surface area contributed by atoms with Crippen LogP contribution in [0, 0.1) is 75.9 Å². The van der Waals surface area contributed by atoms with Gasteiger partial charge in [0.15, 0.2) is 0 Å². The minimum atomic E-state index is 0.0136. The van der Waals surface area contributed by atoms with Gasteiger partial charge in [-0.1, -0.05) is 34.6 Å². The third-order valence-corrected chi connectivity index (χ3v) is 13.5. The fourth-order valence-corrected chi connectivity index (χ4v) is 11.9. The largest absolute Gasteiger partial charge is 0.396 e. The molecular weight excluding hydrogens is 500 g/mol. The molecule has 0 radical (unpaired) electrons. The Morgan fingerprint density at radius 2 is 1.48 bits per heavy atom. The highest BCUT2D eigenvalue weighted by Crippen LogP contribution is 2.69. The van der Waals surface area contributed by atoms with Crippen LogP contribution in [0.1, 0.15) is 112 Å². The highest BCUT2D eigenvalue weighted by atomic mass is 16.3. The molecular formula is C35H62O5. The third-order valence-electron chi connectivity index (χ3n) is 13.5. The van der Waals surface area contributed by atoms with Gasteiger partial charge in [0, 0.05) is 38.8 Å². The van der Waals surface area contributed by atoms with Crippen molar-refractivity contribution in [2.45, 2.75) is 112 Å². The molecule has 4 aliphatic rings. The predicted molar refractivity (Wildman–Crippen MR) is 160 cm³/mol. The number of rotatable bonds is 13. The number of hydrogen-bond donors (Lipinski definition) is 4. The molecule has 4 N–H and O–H groups in total. The van der Waals surface area contributed by atoms with Gasteiger partial charge < -0.3 is 20.4 Å². The number of carbonyl (C=O) groups excluding carboxylic acids is 1. The average Bonchev–Trinajstić information content (AvgIpc) is 3.25. The molecule has 5 unspecified atom stereocenters. The summed E-state index contributed by atoms with van der Waals surface area (Å²) in [6, 6.07) is 0. The number of ketones is 1. The van der Waals surface area contributed by atoms with Crippen LogP contribution in [0.15, 0.2) is 0 Å². The van der Waals surface area contributed by atoms with E-state index in [2.05, 4.69) is 34.6 Å². The third kappa shape index (κ3) is 5.97. The average molecular weight is 563 g/mol. The summed E-state index contributed by atoms with van der Waals surface area (Å²) in [4.78, 5) is 13.9. The van der Waals surface area contributed by atoms with Crippen LogP contribution in [0.4, 0.5) is 0 Å². The summed E-state index contributed by atoms with van der Waals surface area (Å²) in [6.07, 6.45) is 11.8. The van der Waals surface area contributed by atoms with Crippen molar-refractivity contribution in [1.29, 1.82) is 0 Å². The lowest BCUT2D eigenvalue weighted by molar-refractivity contribution is -0.163. The Kier molecular flexibility index (Phi) is 10.9. The Hall–Kier alpha value is -0.490. The first-order valence-corrected chi connectivity index (χ1v) is 17.0. The summed E-state index contributed by atoms with van der Waals surface area (Å²) in [6.45, 7) is 12.8. The quantitative estimate of drug-likeness (QED) is 0.217. The van der Waals surface area contributed by atoms with Crippen molar-refractivity contribution in [2.75, 3.05) is 26.4 Å². The van der Waals surface area contributed by atoms with Crippen LogP contribution in [-0.4, -0.2) is 52.6 Å². The van der Waals surface area contributed by atoms with Gasteiger partial charge >= 0.3 is 0 Å². The van der Waals surface area contributed by atoms with E-state index in [0.717, 1.165) is 51.4 Å². The number of aliphatic hydroxyl groups is 4. The van der Waals surface area contributed by atoms with Crippen molar-refractivity contribution in [2.24, 2.45) is 75.9 Å². The van der Waals surface area contributed by atoms with Gasteiger partial charge in [0.05, 0.1) is 0 Å². The second-order valence-electron chi connectivity index (χ2n) is 15.8. The molecule has 0 amide bonds. The van der Waals surface area contributed by atoms with Gasteiger partial charge in [-0.3, -0.25) is 4.79 Å². The molecule has 4 aliphatic carbocycles. The number of Topliss-reactive ketones (excluding diaryl/α,β-unsaturated/α-hetero) is 1. The van der Waals surface area contributed by atoms with Gasteiger partial charge in [-0.15, -0.1) is 0 Å². The Morgan fingerprint density at radius 1 is 0.825 bits per heavy atom. The fourth-order valence-electron chi connectivity index (χ4n) is 11.9. The van der Waals surface area contributed by atoms with Gasteiger partial charge in [-0.05, 0) is 141 Å². The van der Waals surface area contributed by atoms with Gasteiger partial charge in [0.25, 0.3) is 0 Å². The highest BCUT2D eigenvalue weighted by Gasteiger charge is 2.63. The molecule has 4 rings (SSSR count). The van der Waals surface area contributed by atoms with E-state index in [1.165, 1.54) is 25.7 Å². The Bertz CT molecular complexity index is 829. The van der Waals surface area contributed by atoms with E-state index in [1.54, 1.807) is 0 Å². The zero-order valence-electron chi connectivity index (χ0n) is 26.4. The van der Waals surface area contributed by atoms with Crippen LogP contribution in [0.2, 0.25) is 0 Å². The molecule has 0 aromatic rings. The number of fused-ring (bicyclic) bond motifs is 5. The van der Waals surface area contributed by atoms with E-state index in [4.69, 9.17) is 0 Å². The van der Waals surface area contributed by atoms with E-state index >= 15 is 0 Å². The number of carbonyl (C=O) groups is 1. The van der Waals surface area contributed by atoms with Gasteiger partial charge in [0.2, 0.25) is 0 Å². The lowest BCUT2D eigenvalue weighted by Gasteiger charge is -2.62. The molecule has 12 atom stereocenters. The predicted octanol–water partition coefficient (Wildman–Crippen LogP) is 6.11. The molecule has 0 spiro atoms. The fraction of sp³-hybridized carbons (Fsp3) is 0.971.